The third kappa shape index (κ3) is 5.86. The van der Waals surface area contributed by atoms with Crippen LogP contribution in [0.2, 0.25) is 0 Å². The molecule has 1 aliphatic carbocycles. The van der Waals surface area contributed by atoms with Crippen LogP contribution >= 0.6 is 0 Å². The summed E-state index contributed by atoms with van der Waals surface area (Å²) >= 11 is 0. The molecule has 0 spiro atoms. The number of nitrogens with one attached hydrogen (secondary N) is 1. The molecule has 0 saturated carbocycles. The molecule has 1 atom stereocenters. The second-order valence-electron chi connectivity index (χ2n) is 7.95. The molecule has 3 aromatic rings. The first kappa shape index (κ1) is 23.2. The average molecular weight is 467 g/mol. The van der Waals surface area contributed by atoms with E-state index in [-0.39, 0.29) is 30.0 Å². The molecule has 9 heteroatoms. The molecule has 34 heavy (non-hydrogen) atoms. The quantitative estimate of drug-likeness (QED) is 0.526. The average Bonchev–Trinajstić information content (AvgIpc) is 2.82. The van der Waals surface area contributed by atoms with Gasteiger partial charge in [0.05, 0.1) is 0 Å². The normalized spacial score (nSPS) is 14.9. The van der Waals surface area contributed by atoms with Gasteiger partial charge in [-0.1, -0.05) is 6.07 Å². The van der Waals surface area contributed by atoms with Crippen LogP contribution in [-0.2, 0) is 19.4 Å². The van der Waals surface area contributed by atoms with E-state index in [9.17, 15) is 18.4 Å². The Balaban J connectivity index is 1.36. The van der Waals surface area contributed by atoms with Crippen LogP contribution in [0.5, 0.6) is 11.5 Å². The number of primary amides is 1. The third-order valence-electron chi connectivity index (χ3n) is 5.57. The van der Waals surface area contributed by atoms with Gasteiger partial charge in [0.15, 0.2) is 0 Å². The summed E-state index contributed by atoms with van der Waals surface area (Å²) in [6.45, 7) is -2.65. The van der Waals surface area contributed by atoms with Crippen LogP contribution in [0.4, 0.5) is 8.78 Å². The molecule has 176 valence electrons. The highest BCUT2D eigenvalue weighted by atomic mass is 19.3. The first-order valence-electron chi connectivity index (χ1n) is 10.7. The van der Waals surface area contributed by atoms with Crippen LogP contribution in [0.15, 0.2) is 60.8 Å². The number of pyridine rings is 1. The fourth-order valence-corrected chi connectivity index (χ4v) is 3.87. The molecule has 1 heterocycles. The summed E-state index contributed by atoms with van der Waals surface area (Å²) in [6, 6.07) is 14.8. The molecule has 0 bridgehead atoms. The van der Waals surface area contributed by atoms with Crippen LogP contribution < -0.4 is 20.5 Å². The lowest BCUT2D eigenvalue weighted by atomic mass is 9.88. The smallest absolute Gasteiger partial charge is 0.387 e. The first-order valence-corrected chi connectivity index (χ1v) is 10.7. The molecular weight excluding hydrogens is 444 g/mol. The molecule has 0 aliphatic heterocycles. The van der Waals surface area contributed by atoms with E-state index in [0.29, 0.717) is 17.7 Å². The van der Waals surface area contributed by atoms with Crippen LogP contribution in [0, 0.1) is 0 Å². The van der Waals surface area contributed by atoms with Crippen LogP contribution in [0.1, 0.15) is 44.0 Å². The Kier molecular flexibility index (Phi) is 7.01. The Morgan fingerprint density at radius 1 is 1.06 bits per heavy atom. The second kappa shape index (κ2) is 10.3. The number of carbonyl (C=O) groups is 2. The van der Waals surface area contributed by atoms with E-state index >= 15 is 0 Å². The van der Waals surface area contributed by atoms with Crippen molar-refractivity contribution in [2.24, 2.45) is 5.73 Å². The first-order chi connectivity index (χ1) is 16.4. The van der Waals surface area contributed by atoms with Crippen molar-refractivity contribution in [3.63, 3.8) is 0 Å². The van der Waals surface area contributed by atoms with E-state index in [2.05, 4.69) is 15.0 Å². The van der Waals surface area contributed by atoms with Crippen molar-refractivity contribution in [3.05, 3.63) is 88.7 Å². The number of carbonyl (C=O) groups excluding carboxylic acids is 2. The fourth-order valence-electron chi connectivity index (χ4n) is 3.87. The maximum Gasteiger partial charge on any atom is 0.387 e. The van der Waals surface area contributed by atoms with E-state index in [1.54, 1.807) is 12.1 Å². The Morgan fingerprint density at radius 3 is 2.56 bits per heavy atom. The molecule has 7 nitrogen and oxygen atoms in total. The highest BCUT2D eigenvalue weighted by molar-refractivity contribution is 5.94. The van der Waals surface area contributed by atoms with Gasteiger partial charge in [-0.2, -0.15) is 8.78 Å². The molecule has 4 rings (SSSR count). The van der Waals surface area contributed by atoms with Crippen molar-refractivity contribution in [2.45, 2.75) is 38.5 Å². The number of nitrogens with two attached hydrogens (primary N) is 1. The van der Waals surface area contributed by atoms with Gasteiger partial charge in [-0.25, -0.2) is 0 Å². The van der Waals surface area contributed by atoms with Crippen molar-refractivity contribution in [2.75, 3.05) is 0 Å². The standard InChI is InChI=1S/C25H23F2N3O4/c26-25(27)34-20-6-3-17(4-7-20)24(32)30-19-5-1-16-2-8-21(13-18(16)12-19)33-14-15-9-10-29-22(11-15)23(28)31/h2-4,6-11,13,19,25H,1,5,12,14H2,(H2,28,31)(H,30,32). The Labute approximate surface area is 194 Å². The van der Waals surface area contributed by atoms with E-state index in [1.165, 1.54) is 36.0 Å². The number of alkyl halides is 2. The monoisotopic (exact) mass is 467 g/mol. The zero-order valence-corrected chi connectivity index (χ0v) is 18.2. The third-order valence-corrected chi connectivity index (χ3v) is 5.57. The predicted molar refractivity (Wildman–Crippen MR) is 120 cm³/mol. The Morgan fingerprint density at radius 2 is 1.82 bits per heavy atom. The van der Waals surface area contributed by atoms with Gasteiger partial charge in [-0.3, -0.25) is 14.6 Å². The van der Waals surface area contributed by atoms with Crippen LogP contribution in [0.3, 0.4) is 0 Å². The topological polar surface area (TPSA) is 104 Å². The molecule has 1 unspecified atom stereocenters. The lowest BCUT2D eigenvalue weighted by Gasteiger charge is -2.26. The van der Waals surface area contributed by atoms with Gasteiger partial charge in [0.1, 0.15) is 23.8 Å². The van der Waals surface area contributed by atoms with Gasteiger partial charge in [0, 0.05) is 17.8 Å². The highest BCUT2D eigenvalue weighted by Crippen LogP contribution is 2.26. The Bertz CT molecular complexity index is 1190. The number of hydrogen-bond acceptors (Lipinski definition) is 5. The summed E-state index contributed by atoms with van der Waals surface area (Å²) in [6.07, 6.45) is 3.76. The number of ether oxygens (including phenoxy) is 2. The van der Waals surface area contributed by atoms with Gasteiger partial charge in [0.2, 0.25) is 0 Å². The molecular formula is C25H23F2N3O4. The number of nitrogens with zero attached hydrogens (tertiary/aromatic N) is 1. The van der Waals surface area contributed by atoms with Gasteiger partial charge in [-0.15, -0.1) is 0 Å². The van der Waals surface area contributed by atoms with Crippen molar-refractivity contribution in [1.29, 1.82) is 0 Å². The van der Waals surface area contributed by atoms with Gasteiger partial charge < -0.3 is 20.5 Å². The summed E-state index contributed by atoms with van der Waals surface area (Å²) in [5.41, 5.74) is 8.88. The SMILES string of the molecule is NC(=O)c1cc(COc2ccc3c(c2)CC(NC(=O)c2ccc(OC(F)F)cc2)CC3)ccn1. The van der Waals surface area contributed by atoms with Gasteiger partial charge in [-0.05, 0) is 84.5 Å². The fraction of sp³-hybridized carbons (Fsp3) is 0.240. The predicted octanol–water partition coefficient (Wildman–Crippen LogP) is 3.65. The van der Waals surface area contributed by atoms with E-state index < -0.39 is 12.5 Å². The Hall–Kier alpha value is -4.01. The van der Waals surface area contributed by atoms with Crippen molar-refractivity contribution >= 4 is 11.8 Å². The minimum absolute atomic E-state index is 0.00305. The molecule has 2 aromatic carbocycles. The van der Waals surface area contributed by atoms with Gasteiger partial charge in [0.25, 0.3) is 11.8 Å². The van der Waals surface area contributed by atoms with E-state index in [4.69, 9.17) is 10.5 Å². The molecule has 2 amide bonds. The van der Waals surface area contributed by atoms with E-state index in [0.717, 1.165) is 24.0 Å². The summed E-state index contributed by atoms with van der Waals surface area (Å²) < 4.78 is 34.8. The summed E-state index contributed by atoms with van der Waals surface area (Å²) in [4.78, 5) is 27.8. The number of fused-ring (bicyclic) bond motifs is 1. The molecule has 3 N–H and O–H groups in total. The van der Waals surface area contributed by atoms with Crippen molar-refractivity contribution < 1.29 is 27.8 Å². The lowest BCUT2D eigenvalue weighted by molar-refractivity contribution is -0.0498. The molecule has 1 aliphatic rings. The molecule has 0 saturated heterocycles. The summed E-state index contributed by atoms with van der Waals surface area (Å²) in [7, 11) is 0. The van der Waals surface area contributed by atoms with E-state index in [1.807, 2.05) is 18.2 Å². The maximum absolute atomic E-state index is 12.6. The van der Waals surface area contributed by atoms with Gasteiger partial charge >= 0.3 is 6.61 Å². The molecule has 0 fully saturated rings. The minimum atomic E-state index is -2.91. The number of benzene rings is 2. The number of halogens is 2. The zero-order valence-electron chi connectivity index (χ0n) is 18.2. The van der Waals surface area contributed by atoms with Crippen LogP contribution in [-0.4, -0.2) is 29.5 Å². The summed E-state index contributed by atoms with van der Waals surface area (Å²) in [5.74, 6) is -0.186. The lowest BCUT2D eigenvalue weighted by Crippen LogP contribution is -2.38. The number of aryl methyl sites for hydroxylation is 1. The number of rotatable bonds is 8. The van der Waals surface area contributed by atoms with Crippen molar-refractivity contribution in [1.82, 2.24) is 10.3 Å². The minimum Gasteiger partial charge on any atom is -0.489 e. The maximum atomic E-state index is 12.6. The number of hydrogen-bond donors (Lipinski definition) is 2. The van der Waals surface area contributed by atoms with Crippen molar-refractivity contribution in [3.8, 4) is 11.5 Å². The highest BCUT2D eigenvalue weighted by Gasteiger charge is 2.21. The number of amides is 2. The zero-order chi connectivity index (χ0) is 24.1. The largest absolute Gasteiger partial charge is 0.489 e. The number of aromatic nitrogens is 1. The molecule has 1 aromatic heterocycles. The summed E-state index contributed by atoms with van der Waals surface area (Å²) in [5, 5.41) is 3.01. The van der Waals surface area contributed by atoms with Crippen LogP contribution in [0.25, 0.3) is 0 Å². The second-order valence-corrected chi connectivity index (χ2v) is 7.95. The molecule has 0 radical (unpaired) electrons.